The van der Waals surface area contributed by atoms with Gasteiger partial charge in [-0.25, -0.2) is 0 Å². The van der Waals surface area contributed by atoms with Crippen LogP contribution < -0.4 is 5.32 Å². The minimum absolute atomic E-state index is 0.178. The maximum absolute atomic E-state index is 6.41. The first-order valence-electron chi connectivity index (χ1n) is 6.81. The number of aryl methyl sites for hydroxylation is 2. The zero-order chi connectivity index (χ0) is 15.6. The summed E-state index contributed by atoms with van der Waals surface area (Å²) in [5.74, 6) is 0. The summed E-state index contributed by atoms with van der Waals surface area (Å²) >= 11 is 13.5. The smallest absolute Gasteiger partial charge is 0.0847 e. The standard InChI is InChI=1S/C15H18Br2ClN3/c1-4-21-14(15(18)9(2)20-21)8-13(19-3)10-5-11(16)7-12(17)6-10/h5-7,13,19H,4,8H2,1-3H3. The SMILES string of the molecule is CCn1nc(C)c(Cl)c1CC(NC)c1cc(Br)cc(Br)c1. The molecule has 3 nitrogen and oxygen atoms in total. The van der Waals surface area contributed by atoms with Gasteiger partial charge >= 0.3 is 0 Å². The Morgan fingerprint density at radius 2 is 1.90 bits per heavy atom. The molecule has 0 aliphatic heterocycles. The van der Waals surface area contributed by atoms with Crippen LogP contribution in [0.4, 0.5) is 0 Å². The molecule has 2 rings (SSSR count). The second-order valence-electron chi connectivity index (χ2n) is 4.91. The molecule has 0 radical (unpaired) electrons. The van der Waals surface area contributed by atoms with Crippen LogP contribution in [0.2, 0.25) is 5.02 Å². The van der Waals surface area contributed by atoms with Gasteiger partial charge in [0.1, 0.15) is 0 Å². The monoisotopic (exact) mass is 433 g/mol. The van der Waals surface area contributed by atoms with Crippen LogP contribution in [0.25, 0.3) is 0 Å². The quantitative estimate of drug-likeness (QED) is 0.725. The molecular formula is C15H18Br2ClN3. The third kappa shape index (κ3) is 3.89. The van der Waals surface area contributed by atoms with Gasteiger partial charge in [-0.1, -0.05) is 43.5 Å². The molecular weight excluding hydrogens is 417 g/mol. The van der Waals surface area contributed by atoms with Crippen LogP contribution >= 0.6 is 43.5 Å². The fraction of sp³-hybridized carbons (Fsp3) is 0.400. The van der Waals surface area contributed by atoms with Gasteiger partial charge in [-0.3, -0.25) is 4.68 Å². The summed E-state index contributed by atoms with van der Waals surface area (Å²) in [6, 6.07) is 6.46. The van der Waals surface area contributed by atoms with Gasteiger partial charge in [0, 0.05) is 28.0 Å². The number of hydrogen-bond donors (Lipinski definition) is 1. The van der Waals surface area contributed by atoms with E-state index in [1.54, 1.807) is 0 Å². The molecule has 6 heteroatoms. The molecule has 21 heavy (non-hydrogen) atoms. The Balaban J connectivity index is 2.35. The van der Waals surface area contributed by atoms with Gasteiger partial charge in [0.25, 0.3) is 0 Å². The highest BCUT2D eigenvalue weighted by Gasteiger charge is 2.18. The molecule has 1 heterocycles. The predicted octanol–water partition coefficient (Wildman–Crippen LogP) is 4.89. The zero-order valence-corrected chi connectivity index (χ0v) is 16.2. The molecule has 2 aromatic rings. The molecule has 0 saturated carbocycles. The average Bonchev–Trinajstić information content (AvgIpc) is 2.70. The number of aromatic nitrogens is 2. The Kier molecular flexibility index (Phi) is 5.88. The van der Waals surface area contributed by atoms with E-state index in [-0.39, 0.29) is 6.04 Å². The van der Waals surface area contributed by atoms with E-state index >= 15 is 0 Å². The number of rotatable bonds is 5. The van der Waals surface area contributed by atoms with E-state index in [1.807, 2.05) is 24.7 Å². The molecule has 1 unspecified atom stereocenters. The van der Waals surface area contributed by atoms with Crippen LogP contribution in [0.1, 0.15) is 29.9 Å². The van der Waals surface area contributed by atoms with Crippen LogP contribution in [-0.2, 0) is 13.0 Å². The first-order chi connectivity index (χ1) is 9.96. The van der Waals surface area contributed by atoms with Crippen molar-refractivity contribution in [1.29, 1.82) is 0 Å². The van der Waals surface area contributed by atoms with Crippen molar-refractivity contribution in [2.75, 3.05) is 7.05 Å². The summed E-state index contributed by atoms with van der Waals surface area (Å²) in [5.41, 5.74) is 3.17. The maximum atomic E-state index is 6.41. The lowest BCUT2D eigenvalue weighted by Crippen LogP contribution is -2.20. The van der Waals surface area contributed by atoms with E-state index in [9.17, 15) is 0 Å². The summed E-state index contributed by atoms with van der Waals surface area (Å²) in [4.78, 5) is 0. The van der Waals surface area contributed by atoms with Crippen LogP contribution in [0.5, 0.6) is 0 Å². The van der Waals surface area contributed by atoms with Crippen molar-refractivity contribution in [3.63, 3.8) is 0 Å². The number of halogens is 3. The molecule has 0 spiro atoms. The van der Waals surface area contributed by atoms with Crippen molar-refractivity contribution in [3.05, 3.63) is 49.1 Å². The van der Waals surface area contributed by atoms with E-state index in [2.05, 4.69) is 61.3 Å². The minimum Gasteiger partial charge on any atom is -0.313 e. The van der Waals surface area contributed by atoms with E-state index in [0.717, 1.165) is 38.3 Å². The van der Waals surface area contributed by atoms with Gasteiger partial charge in [0.15, 0.2) is 0 Å². The van der Waals surface area contributed by atoms with Gasteiger partial charge in [-0.2, -0.15) is 5.10 Å². The number of benzene rings is 1. The Hall–Kier alpha value is -0.360. The Labute approximate surface area is 147 Å². The van der Waals surface area contributed by atoms with Crippen LogP contribution in [-0.4, -0.2) is 16.8 Å². The van der Waals surface area contributed by atoms with Gasteiger partial charge in [0.2, 0.25) is 0 Å². The molecule has 0 bridgehead atoms. The molecule has 0 aliphatic carbocycles. The summed E-state index contributed by atoms with van der Waals surface area (Å²) in [6.07, 6.45) is 0.799. The van der Waals surface area contributed by atoms with Crippen LogP contribution in [0, 0.1) is 6.92 Å². The van der Waals surface area contributed by atoms with E-state index in [0.29, 0.717) is 0 Å². The van der Waals surface area contributed by atoms with Crippen molar-refractivity contribution >= 4 is 43.5 Å². The van der Waals surface area contributed by atoms with Crippen LogP contribution in [0.15, 0.2) is 27.1 Å². The lowest BCUT2D eigenvalue weighted by molar-refractivity contribution is 0.541. The summed E-state index contributed by atoms with van der Waals surface area (Å²) in [7, 11) is 1.97. The molecule has 0 saturated heterocycles. The molecule has 1 aromatic carbocycles. The summed E-state index contributed by atoms with van der Waals surface area (Å²) < 4.78 is 4.09. The van der Waals surface area contributed by atoms with E-state index in [1.165, 1.54) is 5.56 Å². The Morgan fingerprint density at radius 1 is 1.29 bits per heavy atom. The highest BCUT2D eigenvalue weighted by atomic mass is 79.9. The van der Waals surface area contributed by atoms with Gasteiger partial charge in [0.05, 0.1) is 16.4 Å². The second-order valence-corrected chi connectivity index (χ2v) is 7.12. The van der Waals surface area contributed by atoms with Crippen LogP contribution in [0.3, 0.4) is 0 Å². The Bertz CT molecular complexity index is 620. The molecule has 0 amide bonds. The summed E-state index contributed by atoms with van der Waals surface area (Å²) in [5, 5.41) is 8.62. The second kappa shape index (κ2) is 7.27. The number of hydrogen-bond acceptors (Lipinski definition) is 2. The average molecular weight is 436 g/mol. The largest absolute Gasteiger partial charge is 0.313 e. The lowest BCUT2D eigenvalue weighted by Gasteiger charge is -2.18. The normalized spacial score (nSPS) is 12.7. The topological polar surface area (TPSA) is 29.9 Å². The first-order valence-corrected chi connectivity index (χ1v) is 8.77. The minimum atomic E-state index is 0.178. The molecule has 0 fully saturated rings. The van der Waals surface area contributed by atoms with Gasteiger partial charge < -0.3 is 5.32 Å². The maximum Gasteiger partial charge on any atom is 0.0847 e. The number of nitrogens with one attached hydrogen (secondary N) is 1. The highest BCUT2D eigenvalue weighted by molar-refractivity contribution is 9.11. The molecule has 1 atom stereocenters. The fourth-order valence-corrected chi connectivity index (χ4v) is 3.96. The van der Waals surface area contributed by atoms with Gasteiger partial charge in [-0.05, 0) is 44.7 Å². The van der Waals surface area contributed by atoms with E-state index in [4.69, 9.17) is 11.6 Å². The third-order valence-corrected chi connectivity index (χ3v) is 4.89. The van der Waals surface area contributed by atoms with Gasteiger partial charge in [-0.15, -0.1) is 0 Å². The molecule has 1 aromatic heterocycles. The van der Waals surface area contributed by atoms with Crippen molar-refractivity contribution in [3.8, 4) is 0 Å². The number of nitrogens with zero attached hydrogens (tertiary/aromatic N) is 2. The van der Waals surface area contributed by atoms with Crippen molar-refractivity contribution in [2.24, 2.45) is 0 Å². The number of likely N-dealkylation sites (N-methyl/N-ethyl adjacent to an activating group) is 1. The predicted molar refractivity (Wildman–Crippen MR) is 95.0 cm³/mol. The van der Waals surface area contributed by atoms with Crippen molar-refractivity contribution in [1.82, 2.24) is 15.1 Å². The zero-order valence-electron chi connectivity index (χ0n) is 12.3. The molecule has 114 valence electrons. The van der Waals surface area contributed by atoms with Crippen molar-refractivity contribution in [2.45, 2.75) is 32.9 Å². The lowest BCUT2D eigenvalue weighted by atomic mass is 10.0. The van der Waals surface area contributed by atoms with E-state index < -0.39 is 0 Å². The molecule has 1 N–H and O–H groups in total. The fourth-order valence-electron chi connectivity index (χ4n) is 2.42. The third-order valence-electron chi connectivity index (χ3n) is 3.49. The van der Waals surface area contributed by atoms with Crippen molar-refractivity contribution < 1.29 is 0 Å². The summed E-state index contributed by atoms with van der Waals surface area (Å²) in [6.45, 7) is 4.85. The molecule has 0 aliphatic rings. The highest BCUT2D eigenvalue weighted by Crippen LogP contribution is 2.29. The Morgan fingerprint density at radius 3 is 2.43 bits per heavy atom. The first kappa shape index (κ1) is 17.0.